The predicted octanol–water partition coefficient (Wildman–Crippen LogP) is 1.64. The molecule has 0 radical (unpaired) electrons. The second-order valence-electron chi connectivity index (χ2n) is 6.17. The van der Waals surface area contributed by atoms with Gasteiger partial charge in [0, 0.05) is 18.6 Å². The zero-order valence-corrected chi connectivity index (χ0v) is 12.2. The van der Waals surface area contributed by atoms with Crippen LogP contribution in [0.5, 0.6) is 0 Å². The van der Waals surface area contributed by atoms with Crippen molar-refractivity contribution in [3.05, 3.63) is 0 Å². The van der Waals surface area contributed by atoms with Crippen molar-refractivity contribution in [3.63, 3.8) is 0 Å². The quantitative estimate of drug-likeness (QED) is 0.764. The number of amides is 1. The third kappa shape index (κ3) is 3.93. The Morgan fingerprint density at radius 3 is 2.53 bits per heavy atom. The Bertz CT molecular complexity index is 287. The first kappa shape index (κ1) is 14.8. The number of nitrogens with one attached hydrogen (secondary N) is 1. The maximum atomic E-state index is 12.3. The van der Waals surface area contributed by atoms with E-state index in [1.165, 1.54) is 38.5 Å². The van der Waals surface area contributed by atoms with Crippen molar-refractivity contribution in [2.75, 3.05) is 13.1 Å². The van der Waals surface area contributed by atoms with Crippen LogP contribution in [-0.2, 0) is 4.79 Å². The van der Waals surface area contributed by atoms with Crippen LogP contribution in [0.15, 0.2) is 0 Å². The summed E-state index contributed by atoms with van der Waals surface area (Å²) < 4.78 is 0. The molecule has 19 heavy (non-hydrogen) atoms. The first-order chi connectivity index (χ1) is 9.22. The van der Waals surface area contributed by atoms with Crippen molar-refractivity contribution in [2.24, 2.45) is 5.73 Å². The Hall–Kier alpha value is -0.610. The van der Waals surface area contributed by atoms with Crippen molar-refractivity contribution in [1.29, 1.82) is 0 Å². The number of carbonyl (C=O) groups is 1. The van der Waals surface area contributed by atoms with Gasteiger partial charge in [0.15, 0.2) is 0 Å². The molecule has 4 nitrogen and oxygen atoms in total. The summed E-state index contributed by atoms with van der Waals surface area (Å²) in [5.41, 5.74) is 5.72. The Morgan fingerprint density at radius 1 is 1.21 bits per heavy atom. The molecular weight excluding hydrogens is 238 g/mol. The molecule has 3 N–H and O–H groups in total. The van der Waals surface area contributed by atoms with Crippen molar-refractivity contribution >= 4 is 5.91 Å². The van der Waals surface area contributed by atoms with Crippen molar-refractivity contribution in [2.45, 2.75) is 76.4 Å². The molecule has 1 aliphatic carbocycles. The third-order valence-corrected chi connectivity index (χ3v) is 4.65. The van der Waals surface area contributed by atoms with E-state index in [4.69, 9.17) is 5.73 Å². The van der Waals surface area contributed by atoms with E-state index < -0.39 is 0 Å². The molecule has 0 spiro atoms. The number of nitrogens with zero attached hydrogens (tertiary/aromatic N) is 1. The number of hydrogen-bond donors (Lipinski definition) is 2. The maximum Gasteiger partial charge on any atom is 0.237 e. The summed E-state index contributed by atoms with van der Waals surface area (Å²) in [6.07, 6.45) is 9.69. The van der Waals surface area contributed by atoms with Gasteiger partial charge < -0.3 is 11.1 Å². The molecule has 110 valence electrons. The van der Waals surface area contributed by atoms with Crippen molar-refractivity contribution in [1.82, 2.24) is 10.2 Å². The van der Waals surface area contributed by atoms with Crippen molar-refractivity contribution in [3.8, 4) is 0 Å². The lowest BCUT2D eigenvalue weighted by Gasteiger charge is -2.35. The first-order valence-electron chi connectivity index (χ1n) is 7.98. The zero-order valence-electron chi connectivity index (χ0n) is 12.2. The topological polar surface area (TPSA) is 58.4 Å². The van der Waals surface area contributed by atoms with E-state index in [2.05, 4.69) is 17.1 Å². The fourth-order valence-corrected chi connectivity index (χ4v) is 3.54. The molecule has 0 aromatic heterocycles. The summed E-state index contributed by atoms with van der Waals surface area (Å²) >= 11 is 0. The molecular formula is C15H29N3O. The molecule has 0 aromatic carbocycles. The van der Waals surface area contributed by atoms with Crippen LogP contribution in [0.1, 0.15) is 58.3 Å². The fourth-order valence-electron chi connectivity index (χ4n) is 3.54. The van der Waals surface area contributed by atoms with Gasteiger partial charge in [-0.3, -0.25) is 9.69 Å². The highest BCUT2D eigenvalue weighted by atomic mass is 16.2. The second kappa shape index (κ2) is 7.25. The van der Waals surface area contributed by atoms with Crippen LogP contribution in [-0.4, -0.2) is 42.0 Å². The summed E-state index contributed by atoms with van der Waals surface area (Å²) in [5, 5.41) is 3.13. The minimum absolute atomic E-state index is 0.00181. The summed E-state index contributed by atoms with van der Waals surface area (Å²) in [5.74, 6) is 0.194. The van der Waals surface area contributed by atoms with Gasteiger partial charge in [-0.1, -0.05) is 25.7 Å². The van der Waals surface area contributed by atoms with E-state index in [1.54, 1.807) is 0 Å². The third-order valence-electron chi connectivity index (χ3n) is 4.65. The fraction of sp³-hybridized carbons (Fsp3) is 0.933. The monoisotopic (exact) mass is 267 g/mol. The van der Waals surface area contributed by atoms with Gasteiger partial charge in [0.1, 0.15) is 0 Å². The Labute approximate surface area is 117 Å². The molecule has 2 atom stereocenters. The van der Waals surface area contributed by atoms with Gasteiger partial charge in [0.25, 0.3) is 0 Å². The van der Waals surface area contributed by atoms with E-state index in [0.717, 1.165) is 19.4 Å². The van der Waals surface area contributed by atoms with E-state index in [9.17, 15) is 4.79 Å². The van der Waals surface area contributed by atoms with Gasteiger partial charge in [-0.05, 0) is 39.2 Å². The summed E-state index contributed by atoms with van der Waals surface area (Å²) in [4.78, 5) is 14.8. The van der Waals surface area contributed by atoms with Gasteiger partial charge in [0.05, 0.1) is 6.04 Å². The maximum absolute atomic E-state index is 12.3. The molecule has 2 aliphatic rings. The lowest BCUT2D eigenvalue weighted by atomic mass is 10.0. The Kier molecular flexibility index (Phi) is 5.64. The largest absolute Gasteiger partial charge is 0.352 e. The lowest BCUT2D eigenvalue weighted by Crippen LogP contribution is -2.50. The summed E-state index contributed by atoms with van der Waals surface area (Å²) in [6, 6.07) is 0.886. The average Bonchev–Trinajstić information content (AvgIpc) is 2.72. The molecule has 2 rings (SSSR count). The van der Waals surface area contributed by atoms with E-state index >= 15 is 0 Å². The molecule has 1 saturated heterocycles. The van der Waals surface area contributed by atoms with E-state index in [-0.39, 0.29) is 11.9 Å². The molecule has 1 amide bonds. The van der Waals surface area contributed by atoms with Crippen LogP contribution < -0.4 is 11.1 Å². The lowest BCUT2D eigenvalue weighted by molar-refractivity contribution is -0.127. The molecule has 1 heterocycles. The van der Waals surface area contributed by atoms with Gasteiger partial charge >= 0.3 is 0 Å². The Balaban J connectivity index is 2.09. The molecule has 1 saturated carbocycles. The SMILES string of the molecule is CC1CCN(C2CCCCCC2)C(CCN)C(=O)N1. The molecule has 0 bridgehead atoms. The van der Waals surface area contributed by atoms with E-state index in [1.807, 2.05) is 0 Å². The van der Waals surface area contributed by atoms with E-state index in [0.29, 0.717) is 18.6 Å². The minimum atomic E-state index is -0.00181. The normalized spacial score (nSPS) is 31.6. The van der Waals surface area contributed by atoms with Crippen molar-refractivity contribution < 1.29 is 4.79 Å². The second-order valence-corrected chi connectivity index (χ2v) is 6.17. The summed E-state index contributed by atoms with van der Waals surface area (Å²) in [6.45, 7) is 3.74. The first-order valence-corrected chi connectivity index (χ1v) is 7.98. The predicted molar refractivity (Wildman–Crippen MR) is 77.9 cm³/mol. The van der Waals surface area contributed by atoms with Crippen LogP contribution in [0.2, 0.25) is 0 Å². The minimum Gasteiger partial charge on any atom is -0.352 e. The van der Waals surface area contributed by atoms with Crippen LogP contribution >= 0.6 is 0 Å². The molecule has 2 unspecified atom stereocenters. The zero-order chi connectivity index (χ0) is 13.7. The molecule has 1 aliphatic heterocycles. The standard InChI is InChI=1S/C15H29N3O/c1-12-9-11-18(13-6-4-2-3-5-7-13)14(8-10-16)15(19)17-12/h12-14H,2-11,16H2,1H3,(H,17,19). The van der Waals surface area contributed by atoms with Crippen LogP contribution in [0.4, 0.5) is 0 Å². The van der Waals surface area contributed by atoms with Gasteiger partial charge in [-0.25, -0.2) is 0 Å². The number of rotatable bonds is 3. The molecule has 0 aromatic rings. The highest BCUT2D eigenvalue weighted by Crippen LogP contribution is 2.26. The van der Waals surface area contributed by atoms with Crippen LogP contribution in [0, 0.1) is 0 Å². The van der Waals surface area contributed by atoms with Crippen LogP contribution in [0.3, 0.4) is 0 Å². The molecule has 4 heteroatoms. The van der Waals surface area contributed by atoms with Gasteiger partial charge in [-0.2, -0.15) is 0 Å². The molecule has 2 fully saturated rings. The number of carbonyl (C=O) groups excluding carboxylic acids is 1. The average molecular weight is 267 g/mol. The number of hydrogen-bond acceptors (Lipinski definition) is 3. The number of nitrogens with two attached hydrogens (primary N) is 1. The van der Waals surface area contributed by atoms with Gasteiger partial charge in [0.2, 0.25) is 5.91 Å². The highest BCUT2D eigenvalue weighted by molar-refractivity contribution is 5.82. The van der Waals surface area contributed by atoms with Crippen LogP contribution in [0.25, 0.3) is 0 Å². The Morgan fingerprint density at radius 2 is 1.89 bits per heavy atom. The smallest absolute Gasteiger partial charge is 0.237 e. The summed E-state index contributed by atoms with van der Waals surface area (Å²) in [7, 11) is 0. The highest BCUT2D eigenvalue weighted by Gasteiger charge is 2.33. The van der Waals surface area contributed by atoms with Gasteiger partial charge in [-0.15, -0.1) is 0 Å².